The molecule has 0 aliphatic heterocycles. The van der Waals surface area contributed by atoms with Crippen molar-refractivity contribution in [1.82, 2.24) is 0 Å². The lowest BCUT2D eigenvalue weighted by Gasteiger charge is -2.60. The second kappa shape index (κ2) is 15.9. The average Bonchev–Trinajstić information content (AvgIpc) is 4.17. The van der Waals surface area contributed by atoms with Crippen molar-refractivity contribution in [2.75, 3.05) is 0 Å². The van der Waals surface area contributed by atoms with Crippen LogP contribution in [0, 0.1) is 21.7 Å². The molecule has 0 spiro atoms. The SMILES string of the molecule is CC(C)(C)C1=CC2=C(C(=O)c3cccc4ccccc34)C(c3ccc(-c4ccc(-c5cccs5)s4)s3)=C3C=C(C(C)(C)C)C=C4C=C(c5ccc(-c6ccc(-c7cccs7)s6)s5)C(=C1)[C@]2(C)[C@@]43C. The van der Waals surface area contributed by atoms with Gasteiger partial charge in [-0.15, -0.1) is 68.0 Å². The first kappa shape index (κ1) is 44.0. The second-order valence-corrected chi connectivity index (χ2v) is 26.9. The largest absolute Gasteiger partial charge is 0.289 e. The summed E-state index contributed by atoms with van der Waals surface area (Å²) < 4.78 is 0. The van der Waals surface area contributed by atoms with Crippen LogP contribution in [0.3, 0.4) is 0 Å². The minimum Gasteiger partial charge on any atom is -0.289 e. The number of ketones is 1. The van der Waals surface area contributed by atoms with Crippen molar-refractivity contribution in [2.24, 2.45) is 21.7 Å². The number of hydrogen-bond acceptors (Lipinski definition) is 7. The lowest BCUT2D eigenvalue weighted by Crippen LogP contribution is -2.50. The van der Waals surface area contributed by atoms with Crippen LogP contribution in [-0.4, -0.2) is 5.78 Å². The quantitative estimate of drug-likeness (QED) is 0.139. The van der Waals surface area contributed by atoms with Crippen molar-refractivity contribution < 1.29 is 4.79 Å². The first-order valence-corrected chi connectivity index (χ1v) is 28.3. The highest BCUT2D eigenvalue weighted by Crippen LogP contribution is 2.72. The number of allylic oxidation sites excluding steroid dienone is 14. The van der Waals surface area contributed by atoms with Gasteiger partial charge in [0, 0.05) is 76.3 Å². The standard InChI is InChI=1S/C61H50OS6/c1-58(2,3)36-30-38-31-41(45-20-21-50(65-45)51-24-22-48(66-51)46-18-12-28-63-46)42-32-37(59(4,5)6)34-44-56(57(62)40-17-11-15-35-14-9-10-16-39(35)40)55(43(33-36)60(38,7)61(42,44)8)54-27-26-53(68-54)52-25-23-49(67-52)47-19-13-29-64-47/h9-34H,1-8H3/t60-,61-/m0/s1. The molecule has 68 heavy (non-hydrogen) atoms. The summed E-state index contributed by atoms with van der Waals surface area (Å²) in [7, 11) is 0. The molecule has 2 aromatic carbocycles. The molecular weight excluding hydrogens is 941 g/mol. The number of fused-ring (bicyclic) bond motifs is 1. The fourth-order valence-corrected chi connectivity index (χ4v) is 16.7. The Morgan fingerprint density at radius 2 is 0.956 bits per heavy atom. The third-order valence-corrected chi connectivity index (χ3v) is 21.6. The van der Waals surface area contributed by atoms with E-state index in [1.807, 2.05) is 45.3 Å². The van der Waals surface area contributed by atoms with E-state index >= 15 is 4.79 Å². The summed E-state index contributed by atoms with van der Waals surface area (Å²) in [6, 6.07) is 41.6. The summed E-state index contributed by atoms with van der Waals surface area (Å²) in [5.41, 5.74) is 9.86. The monoisotopic (exact) mass is 990 g/mol. The number of rotatable bonds is 8. The zero-order valence-corrected chi connectivity index (χ0v) is 44.3. The molecule has 4 aliphatic carbocycles. The minimum absolute atomic E-state index is 0.0787. The van der Waals surface area contributed by atoms with Crippen LogP contribution in [0.5, 0.6) is 0 Å². The molecule has 6 aromatic heterocycles. The smallest absolute Gasteiger partial charge is 0.194 e. The van der Waals surface area contributed by atoms with E-state index in [4.69, 9.17) is 0 Å². The summed E-state index contributed by atoms with van der Waals surface area (Å²) in [6.45, 7) is 18.9. The van der Waals surface area contributed by atoms with Gasteiger partial charge in [0.15, 0.2) is 5.78 Å². The zero-order chi connectivity index (χ0) is 46.9. The van der Waals surface area contributed by atoms with Crippen molar-refractivity contribution in [3.05, 3.63) is 211 Å². The van der Waals surface area contributed by atoms with Gasteiger partial charge < -0.3 is 0 Å². The van der Waals surface area contributed by atoms with Gasteiger partial charge in [0.25, 0.3) is 0 Å². The van der Waals surface area contributed by atoms with Crippen LogP contribution in [0.4, 0.5) is 0 Å². The first-order valence-electron chi connectivity index (χ1n) is 23.2. The topological polar surface area (TPSA) is 17.1 Å². The molecule has 6 heterocycles. The molecular formula is C61H50OS6. The molecule has 0 unspecified atom stereocenters. The molecule has 0 radical (unpaired) electrons. The summed E-state index contributed by atoms with van der Waals surface area (Å²) in [6.07, 6.45) is 12.5. The Balaban J connectivity index is 1.14. The van der Waals surface area contributed by atoms with Crippen LogP contribution in [-0.2, 0) is 0 Å². The van der Waals surface area contributed by atoms with E-state index in [9.17, 15) is 0 Å². The number of benzene rings is 2. The molecule has 4 aliphatic rings. The maximum Gasteiger partial charge on any atom is 0.194 e. The maximum absolute atomic E-state index is 16.4. The van der Waals surface area contributed by atoms with Crippen LogP contribution in [0.2, 0.25) is 0 Å². The lowest BCUT2D eigenvalue weighted by molar-refractivity contribution is 0.103. The number of hydrogen-bond donors (Lipinski definition) is 0. The van der Waals surface area contributed by atoms with Gasteiger partial charge in [-0.05, 0) is 138 Å². The molecule has 1 nitrogen and oxygen atoms in total. The Morgan fingerprint density at radius 3 is 1.54 bits per heavy atom. The predicted octanol–water partition coefficient (Wildman–Crippen LogP) is 19.8. The van der Waals surface area contributed by atoms with Crippen LogP contribution in [0.25, 0.3) is 60.9 Å². The Morgan fingerprint density at radius 1 is 0.456 bits per heavy atom. The van der Waals surface area contributed by atoms with Gasteiger partial charge in [-0.25, -0.2) is 0 Å². The van der Waals surface area contributed by atoms with E-state index in [0.29, 0.717) is 0 Å². The molecule has 0 fully saturated rings. The summed E-state index contributed by atoms with van der Waals surface area (Å²) in [4.78, 5) is 29.0. The molecule has 0 amide bonds. The van der Waals surface area contributed by atoms with Gasteiger partial charge in [-0.2, -0.15) is 0 Å². The molecule has 336 valence electrons. The van der Waals surface area contributed by atoms with E-state index in [1.165, 1.54) is 77.3 Å². The molecule has 7 heteroatoms. The molecule has 2 atom stereocenters. The lowest BCUT2D eigenvalue weighted by atomic mass is 9.42. The van der Waals surface area contributed by atoms with Crippen molar-refractivity contribution in [1.29, 1.82) is 0 Å². The molecule has 0 N–H and O–H groups in total. The van der Waals surface area contributed by atoms with Gasteiger partial charge in [-0.3, -0.25) is 4.79 Å². The number of carbonyl (C=O) groups is 1. The number of thiophene rings is 6. The maximum atomic E-state index is 16.4. The minimum atomic E-state index is -0.602. The third-order valence-electron chi connectivity index (χ3n) is 14.7. The van der Waals surface area contributed by atoms with Crippen molar-refractivity contribution in [3.63, 3.8) is 0 Å². The molecule has 0 bridgehead atoms. The van der Waals surface area contributed by atoms with Crippen molar-refractivity contribution in [3.8, 4) is 39.0 Å². The highest BCUT2D eigenvalue weighted by atomic mass is 32.1. The second-order valence-electron chi connectivity index (χ2n) is 20.7. The van der Waals surface area contributed by atoms with E-state index < -0.39 is 10.8 Å². The fourth-order valence-electron chi connectivity index (χ4n) is 10.8. The summed E-state index contributed by atoms with van der Waals surface area (Å²) in [5, 5.41) is 6.36. The van der Waals surface area contributed by atoms with Gasteiger partial charge in [-0.1, -0.05) is 134 Å². The Bertz CT molecular complexity index is 3610. The van der Waals surface area contributed by atoms with Gasteiger partial charge >= 0.3 is 0 Å². The first-order chi connectivity index (χ1) is 32.6. The normalized spacial score (nSPS) is 20.3. The van der Waals surface area contributed by atoms with E-state index in [1.54, 1.807) is 22.7 Å². The van der Waals surface area contributed by atoms with Gasteiger partial charge in [0.2, 0.25) is 0 Å². The number of Topliss-reactive ketones (excluding diaryl/α,β-unsaturated/α-hetero) is 1. The zero-order valence-electron chi connectivity index (χ0n) is 39.4. The van der Waals surface area contributed by atoms with E-state index in [2.05, 4.69) is 212 Å². The van der Waals surface area contributed by atoms with Crippen molar-refractivity contribution in [2.45, 2.75) is 55.4 Å². The Labute approximate surface area is 423 Å². The van der Waals surface area contributed by atoms with Crippen molar-refractivity contribution >= 4 is 95.7 Å². The van der Waals surface area contributed by atoms with Gasteiger partial charge in [0.1, 0.15) is 0 Å². The van der Waals surface area contributed by atoms with Crippen LogP contribution in [0.1, 0.15) is 75.5 Å². The van der Waals surface area contributed by atoms with E-state index in [-0.39, 0.29) is 16.6 Å². The molecule has 12 rings (SSSR count). The summed E-state index contributed by atoms with van der Waals surface area (Å²) >= 11 is 11.0. The van der Waals surface area contributed by atoms with Crippen LogP contribution >= 0.6 is 68.0 Å². The Hall–Kier alpha value is -5.25. The van der Waals surface area contributed by atoms with Gasteiger partial charge in [0.05, 0.1) is 0 Å². The molecule has 0 saturated heterocycles. The van der Waals surface area contributed by atoms with E-state index in [0.717, 1.165) is 37.9 Å². The average molecular weight is 991 g/mol. The number of carbonyl (C=O) groups excluding carboxylic acids is 1. The van der Waals surface area contributed by atoms with Crippen LogP contribution < -0.4 is 0 Å². The highest BCUT2D eigenvalue weighted by molar-refractivity contribution is 7.27. The highest BCUT2D eigenvalue weighted by Gasteiger charge is 2.62. The summed E-state index contributed by atoms with van der Waals surface area (Å²) in [5.74, 6) is 0.0787. The Kier molecular flexibility index (Phi) is 10.3. The molecule has 8 aromatic rings. The van der Waals surface area contributed by atoms with Crippen LogP contribution in [0.15, 0.2) is 195 Å². The predicted molar refractivity (Wildman–Crippen MR) is 300 cm³/mol. The molecule has 0 saturated carbocycles. The fraction of sp³-hybridized carbons (Fsp3) is 0.197. The third kappa shape index (κ3) is 6.79.